The summed E-state index contributed by atoms with van der Waals surface area (Å²) in [7, 11) is 0. The van der Waals surface area contributed by atoms with Crippen LogP contribution in [-0.4, -0.2) is 21.1 Å². The molecule has 0 spiro atoms. The molecule has 2 aromatic heterocycles. The van der Waals surface area contributed by atoms with Crippen LogP contribution in [0.25, 0.3) is 22.4 Å². The third kappa shape index (κ3) is 2.91. The number of fused-ring (bicyclic) bond motifs is 1. The number of nitrogens with one attached hydrogen (secondary N) is 2. The average molecular weight is 361 g/mol. The molecule has 0 aliphatic heterocycles. The summed E-state index contributed by atoms with van der Waals surface area (Å²) in [4.78, 5) is 16.4. The molecule has 0 fully saturated rings. The number of aromatic nitrogens is 3. The minimum absolute atomic E-state index is 0.100. The highest BCUT2D eigenvalue weighted by Gasteiger charge is 2.17. The molecule has 2 heterocycles. The van der Waals surface area contributed by atoms with Crippen molar-refractivity contribution in [2.45, 2.75) is 6.92 Å². The summed E-state index contributed by atoms with van der Waals surface area (Å²) >= 11 is 0. The molecule has 7 nitrogen and oxygen atoms in total. The van der Waals surface area contributed by atoms with Crippen molar-refractivity contribution in [1.82, 2.24) is 15.2 Å². The van der Waals surface area contributed by atoms with Gasteiger partial charge in [-0.1, -0.05) is 0 Å². The van der Waals surface area contributed by atoms with Crippen LogP contribution >= 0.6 is 0 Å². The average Bonchev–Trinajstić information content (AvgIpc) is 3.29. The van der Waals surface area contributed by atoms with Crippen molar-refractivity contribution in [3.8, 4) is 17.5 Å². The number of aromatic amines is 1. The van der Waals surface area contributed by atoms with Crippen LogP contribution in [-0.2, 0) is 0 Å². The van der Waals surface area contributed by atoms with Gasteiger partial charge < -0.3 is 9.73 Å². The smallest absolute Gasteiger partial charge is 0.258 e. The number of benzene rings is 2. The van der Waals surface area contributed by atoms with Crippen LogP contribution in [0.3, 0.4) is 0 Å². The summed E-state index contributed by atoms with van der Waals surface area (Å²) in [6.45, 7) is 1.58. The number of nitrogens with zero attached hydrogens (tertiary/aromatic N) is 3. The first-order valence-corrected chi connectivity index (χ1v) is 7.95. The monoisotopic (exact) mass is 361 g/mol. The summed E-state index contributed by atoms with van der Waals surface area (Å²) in [5.74, 6) is -0.854. The molecule has 2 aromatic carbocycles. The molecule has 8 heteroatoms. The van der Waals surface area contributed by atoms with Crippen molar-refractivity contribution in [2.75, 3.05) is 5.32 Å². The van der Waals surface area contributed by atoms with Crippen LogP contribution in [0, 0.1) is 24.1 Å². The molecule has 132 valence electrons. The zero-order valence-electron chi connectivity index (χ0n) is 14.1. The first-order chi connectivity index (χ1) is 13.1. The second-order valence-corrected chi connectivity index (χ2v) is 5.91. The molecular weight excluding hydrogens is 349 g/mol. The Labute approximate surface area is 152 Å². The normalized spacial score (nSPS) is 10.7. The lowest BCUT2D eigenvalue weighted by Gasteiger charge is -2.09. The summed E-state index contributed by atoms with van der Waals surface area (Å²) in [6, 6.07) is 9.53. The van der Waals surface area contributed by atoms with E-state index in [2.05, 4.69) is 20.5 Å². The molecule has 4 rings (SSSR count). The van der Waals surface area contributed by atoms with Crippen LogP contribution < -0.4 is 5.32 Å². The number of hydrogen-bond acceptors (Lipinski definition) is 5. The summed E-state index contributed by atoms with van der Waals surface area (Å²) in [6.07, 6.45) is 2.84. The Balaban J connectivity index is 1.69. The van der Waals surface area contributed by atoms with E-state index in [0.717, 1.165) is 17.0 Å². The highest BCUT2D eigenvalue weighted by Crippen LogP contribution is 2.28. The molecule has 0 aliphatic rings. The molecular formula is C19H12FN5O2. The number of H-pyrrole nitrogens is 1. The Morgan fingerprint density at radius 1 is 1.33 bits per heavy atom. The van der Waals surface area contributed by atoms with Gasteiger partial charge >= 0.3 is 0 Å². The fourth-order valence-corrected chi connectivity index (χ4v) is 2.90. The topological polar surface area (TPSA) is 108 Å². The van der Waals surface area contributed by atoms with Crippen LogP contribution in [0.1, 0.15) is 21.5 Å². The van der Waals surface area contributed by atoms with Crippen LogP contribution in [0.2, 0.25) is 0 Å². The van der Waals surface area contributed by atoms with Gasteiger partial charge in [0.1, 0.15) is 11.5 Å². The molecule has 1 amide bonds. The fraction of sp³-hybridized carbons (Fsp3) is 0.0526. The van der Waals surface area contributed by atoms with Crippen molar-refractivity contribution in [2.24, 2.45) is 0 Å². The number of oxazole rings is 1. The van der Waals surface area contributed by atoms with Crippen LogP contribution in [0.15, 0.2) is 47.3 Å². The van der Waals surface area contributed by atoms with Crippen molar-refractivity contribution < 1.29 is 13.6 Å². The van der Waals surface area contributed by atoms with E-state index in [4.69, 9.17) is 9.68 Å². The van der Waals surface area contributed by atoms with E-state index >= 15 is 0 Å². The van der Waals surface area contributed by atoms with Crippen molar-refractivity contribution in [1.29, 1.82) is 5.26 Å². The number of hydrogen-bond donors (Lipinski definition) is 2. The first kappa shape index (κ1) is 16.5. The zero-order chi connectivity index (χ0) is 19.0. The number of anilines is 1. The highest BCUT2D eigenvalue weighted by molar-refractivity contribution is 6.07. The summed E-state index contributed by atoms with van der Waals surface area (Å²) < 4.78 is 19.5. The van der Waals surface area contributed by atoms with Crippen LogP contribution in [0.4, 0.5) is 10.1 Å². The number of aryl methyl sites for hydroxylation is 1. The van der Waals surface area contributed by atoms with Crippen molar-refractivity contribution >= 4 is 22.5 Å². The molecule has 0 saturated heterocycles. The number of nitriles is 1. The van der Waals surface area contributed by atoms with E-state index in [0.29, 0.717) is 22.7 Å². The Morgan fingerprint density at radius 3 is 2.89 bits per heavy atom. The van der Waals surface area contributed by atoms with Gasteiger partial charge in [-0.25, -0.2) is 9.37 Å². The van der Waals surface area contributed by atoms with E-state index in [1.165, 1.54) is 18.7 Å². The summed E-state index contributed by atoms with van der Waals surface area (Å²) in [5.41, 5.74) is 2.22. The standard InChI is InChI=1S/C19H12FN5O2/c1-10-4-11(7-21)5-14(20)17(10)19(26)23-12-2-3-15-13(6-12)18(25-24-15)16-8-22-9-27-16/h2-6,8-9H,1H3,(H,23,26)(H,24,25). The predicted molar refractivity (Wildman–Crippen MR) is 95.4 cm³/mol. The van der Waals surface area contributed by atoms with Crippen molar-refractivity contribution in [3.63, 3.8) is 0 Å². The minimum atomic E-state index is -0.740. The number of carbonyl (C=O) groups excluding carboxylic acids is 1. The first-order valence-electron chi connectivity index (χ1n) is 7.95. The third-order valence-corrected chi connectivity index (χ3v) is 4.13. The molecule has 0 radical (unpaired) electrons. The Morgan fingerprint density at radius 2 is 2.19 bits per heavy atom. The maximum absolute atomic E-state index is 14.3. The lowest BCUT2D eigenvalue weighted by molar-refractivity contribution is 0.102. The predicted octanol–water partition coefficient (Wildman–Crippen LogP) is 3.79. The second kappa shape index (κ2) is 6.38. The van der Waals surface area contributed by atoms with E-state index < -0.39 is 11.7 Å². The third-order valence-electron chi connectivity index (χ3n) is 4.13. The van der Waals surface area contributed by atoms with Gasteiger partial charge in [-0.15, -0.1) is 0 Å². The molecule has 0 aliphatic carbocycles. The molecule has 0 atom stereocenters. The molecule has 4 aromatic rings. The van der Waals surface area contributed by atoms with Crippen molar-refractivity contribution in [3.05, 3.63) is 65.4 Å². The van der Waals surface area contributed by atoms with Gasteiger partial charge in [0.25, 0.3) is 5.91 Å². The Hall–Kier alpha value is -3.99. The molecule has 0 saturated carbocycles. The quantitative estimate of drug-likeness (QED) is 0.577. The van der Waals surface area contributed by atoms with Gasteiger partial charge in [0.2, 0.25) is 0 Å². The van der Waals surface area contributed by atoms with Gasteiger partial charge in [0.05, 0.1) is 28.9 Å². The lowest BCUT2D eigenvalue weighted by Crippen LogP contribution is -2.15. The van der Waals surface area contributed by atoms with E-state index in [1.54, 1.807) is 25.1 Å². The largest absolute Gasteiger partial charge is 0.442 e. The molecule has 0 bridgehead atoms. The molecule has 2 N–H and O–H groups in total. The van der Waals surface area contributed by atoms with Crippen LogP contribution in [0.5, 0.6) is 0 Å². The zero-order valence-corrected chi connectivity index (χ0v) is 14.1. The SMILES string of the molecule is Cc1cc(C#N)cc(F)c1C(=O)Nc1ccc2[nH]nc(-c3cnco3)c2c1. The van der Waals surface area contributed by atoms with Gasteiger partial charge in [-0.05, 0) is 42.8 Å². The minimum Gasteiger partial charge on any atom is -0.442 e. The lowest BCUT2D eigenvalue weighted by atomic mass is 10.0. The molecule has 27 heavy (non-hydrogen) atoms. The number of carbonyl (C=O) groups is 1. The Bertz CT molecular complexity index is 1180. The van der Waals surface area contributed by atoms with E-state index in [1.807, 2.05) is 6.07 Å². The second-order valence-electron chi connectivity index (χ2n) is 5.91. The van der Waals surface area contributed by atoms with E-state index in [-0.39, 0.29) is 11.1 Å². The maximum Gasteiger partial charge on any atom is 0.258 e. The fourth-order valence-electron chi connectivity index (χ4n) is 2.90. The number of amides is 1. The highest BCUT2D eigenvalue weighted by atomic mass is 19.1. The number of halogens is 1. The summed E-state index contributed by atoms with van der Waals surface area (Å²) in [5, 5.41) is 19.4. The van der Waals surface area contributed by atoms with E-state index in [9.17, 15) is 9.18 Å². The maximum atomic E-state index is 14.3. The van der Waals surface area contributed by atoms with Gasteiger partial charge in [-0.3, -0.25) is 9.89 Å². The number of rotatable bonds is 3. The molecule has 0 unspecified atom stereocenters. The van der Waals surface area contributed by atoms with Gasteiger partial charge in [-0.2, -0.15) is 10.4 Å². The van der Waals surface area contributed by atoms with Gasteiger partial charge in [0.15, 0.2) is 12.2 Å². The van der Waals surface area contributed by atoms with Gasteiger partial charge in [0, 0.05) is 11.1 Å². The Kier molecular flexibility index (Phi) is 3.90.